The van der Waals surface area contributed by atoms with Crippen molar-refractivity contribution >= 4 is 45.0 Å². The Morgan fingerprint density at radius 2 is 1.75 bits per heavy atom. The van der Waals surface area contributed by atoms with Gasteiger partial charge in [0.1, 0.15) is 4.90 Å². The van der Waals surface area contributed by atoms with E-state index in [4.69, 9.17) is 27.9 Å². The first-order chi connectivity index (χ1) is 14.9. The van der Waals surface area contributed by atoms with Gasteiger partial charge in [0.05, 0.1) is 15.6 Å². The van der Waals surface area contributed by atoms with Crippen LogP contribution in [-0.4, -0.2) is 37.9 Å². The van der Waals surface area contributed by atoms with Crippen LogP contribution in [0.3, 0.4) is 0 Å². The first-order valence-electron chi connectivity index (χ1n) is 10.2. The SMILES string of the molecule is CCCn1c(C)cc(C(=O)COC(=O)c2cc(S(=O)(=O)NCC(C)C)c(Cl)cc2Cl)c1C. The molecule has 1 aromatic heterocycles. The van der Waals surface area contributed by atoms with Crippen LogP contribution >= 0.6 is 23.2 Å². The summed E-state index contributed by atoms with van der Waals surface area (Å²) in [5, 5.41) is -0.196. The summed E-state index contributed by atoms with van der Waals surface area (Å²) in [4.78, 5) is 24.9. The third-order valence-electron chi connectivity index (χ3n) is 4.87. The van der Waals surface area contributed by atoms with E-state index in [0.717, 1.165) is 30.4 Å². The number of ether oxygens (including phenoxy) is 1. The average molecular weight is 503 g/mol. The molecule has 1 N–H and O–H groups in total. The molecule has 0 radical (unpaired) electrons. The highest BCUT2D eigenvalue weighted by Gasteiger charge is 2.24. The summed E-state index contributed by atoms with van der Waals surface area (Å²) in [7, 11) is -3.96. The normalized spacial score (nSPS) is 11.8. The summed E-state index contributed by atoms with van der Waals surface area (Å²) < 4.78 is 34.8. The minimum absolute atomic E-state index is 0.0728. The second-order valence-corrected chi connectivity index (χ2v) is 10.5. The number of sulfonamides is 1. The number of carbonyl (C=O) groups is 2. The lowest BCUT2D eigenvalue weighted by Gasteiger charge is -2.13. The van der Waals surface area contributed by atoms with E-state index < -0.39 is 22.6 Å². The molecule has 0 unspecified atom stereocenters. The molecular weight excluding hydrogens is 475 g/mol. The van der Waals surface area contributed by atoms with E-state index in [9.17, 15) is 18.0 Å². The monoisotopic (exact) mass is 502 g/mol. The van der Waals surface area contributed by atoms with Crippen molar-refractivity contribution < 1.29 is 22.7 Å². The Morgan fingerprint density at radius 3 is 2.34 bits per heavy atom. The third kappa shape index (κ3) is 6.13. The predicted molar refractivity (Wildman–Crippen MR) is 125 cm³/mol. The fourth-order valence-electron chi connectivity index (χ4n) is 3.18. The summed E-state index contributed by atoms with van der Waals surface area (Å²) in [6.07, 6.45) is 0.922. The van der Waals surface area contributed by atoms with E-state index >= 15 is 0 Å². The van der Waals surface area contributed by atoms with Crippen molar-refractivity contribution in [1.29, 1.82) is 0 Å². The van der Waals surface area contributed by atoms with E-state index in [1.807, 2.05) is 39.2 Å². The summed E-state index contributed by atoms with van der Waals surface area (Å²) >= 11 is 12.2. The zero-order chi connectivity index (χ0) is 24.2. The smallest absolute Gasteiger partial charge is 0.340 e. The van der Waals surface area contributed by atoms with E-state index in [1.54, 1.807) is 6.07 Å². The van der Waals surface area contributed by atoms with Crippen molar-refractivity contribution in [3.8, 4) is 0 Å². The van der Waals surface area contributed by atoms with Crippen molar-refractivity contribution in [1.82, 2.24) is 9.29 Å². The van der Waals surface area contributed by atoms with Crippen LogP contribution in [0.25, 0.3) is 0 Å². The van der Waals surface area contributed by atoms with Crippen molar-refractivity contribution in [2.75, 3.05) is 13.2 Å². The molecule has 10 heteroatoms. The van der Waals surface area contributed by atoms with Gasteiger partial charge < -0.3 is 9.30 Å². The van der Waals surface area contributed by atoms with Gasteiger partial charge in [0.25, 0.3) is 0 Å². The second-order valence-electron chi connectivity index (χ2n) is 7.94. The van der Waals surface area contributed by atoms with Gasteiger partial charge in [0.15, 0.2) is 6.61 Å². The van der Waals surface area contributed by atoms with Crippen molar-refractivity contribution in [3.05, 3.63) is 50.8 Å². The van der Waals surface area contributed by atoms with Gasteiger partial charge >= 0.3 is 5.97 Å². The lowest BCUT2D eigenvalue weighted by atomic mass is 10.1. The molecule has 176 valence electrons. The molecule has 0 saturated carbocycles. The molecule has 0 aliphatic carbocycles. The minimum atomic E-state index is -3.96. The number of hydrogen-bond donors (Lipinski definition) is 1. The van der Waals surface area contributed by atoms with Gasteiger partial charge in [0.2, 0.25) is 15.8 Å². The Morgan fingerprint density at radius 1 is 1.09 bits per heavy atom. The Kier molecular flexibility index (Phi) is 8.93. The van der Waals surface area contributed by atoms with E-state index in [0.29, 0.717) is 5.56 Å². The number of Topliss-reactive ketones (excluding diaryl/α,β-unsaturated/α-hetero) is 1. The molecule has 7 nitrogen and oxygen atoms in total. The van der Waals surface area contributed by atoms with Crippen molar-refractivity contribution in [3.63, 3.8) is 0 Å². The Labute approximate surface area is 199 Å². The van der Waals surface area contributed by atoms with Crippen LogP contribution < -0.4 is 4.72 Å². The molecule has 1 heterocycles. The second kappa shape index (κ2) is 10.8. The molecule has 2 aromatic rings. The first kappa shape index (κ1) is 26.4. The summed E-state index contributed by atoms with van der Waals surface area (Å²) in [6.45, 7) is 9.99. The number of nitrogens with one attached hydrogen (secondary N) is 1. The molecule has 0 atom stereocenters. The molecule has 0 fully saturated rings. The number of halogens is 2. The van der Waals surface area contributed by atoms with E-state index in [-0.39, 0.29) is 38.8 Å². The quantitative estimate of drug-likeness (QED) is 0.372. The molecule has 0 saturated heterocycles. The Bertz CT molecular complexity index is 1120. The van der Waals surface area contributed by atoms with Crippen LogP contribution in [0, 0.1) is 19.8 Å². The van der Waals surface area contributed by atoms with Gasteiger partial charge in [-0.05, 0) is 44.4 Å². The van der Waals surface area contributed by atoms with Gasteiger partial charge in [-0.3, -0.25) is 4.79 Å². The van der Waals surface area contributed by atoms with Gasteiger partial charge in [0, 0.05) is 30.0 Å². The minimum Gasteiger partial charge on any atom is -0.454 e. The maximum Gasteiger partial charge on any atom is 0.340 e. The molecule has 2 rings (SSSR count). The Hall–Kier alpha value is -1.87. The Balaban J connectivity index is 2.22. The molecule has 0 aliphatic heterocycles. The van der Waals surface area contributed by atoms with E-state index in [1.165, 1.54) is 6.07 Å². The fourth-order valence-corrected chi connectivity index (χ4v) is 5.25. The van der Waals surface area contributed by atoms with Crippen LogP contribution in [0.15, 0.2) is 23.1 Å². The highest BCUT2D eigenvalue weighted by atomic mass is 35.5. The molecule has 0 bridgehead atoms. The van der Waals surface area contributed by atoms with E-state index in [2.05, 4.69) is 4.72 Å². The van der Waals surface area contributed by atoms with Gasteiger partial charge in [-0.2, -0.15) is 0 Å². The number of esters is 1. The van der Waals surface area contributed by atoms with Gasteiger partial charge in [-0.1, -0.05) is 44.0 Å². The van der Waals surface area contributed by atoms with Crippen LogP contribution in [0.2, 0.25) is 10.0 Å². The molecule has 1 aromatic carbocycles. The molecule has 0 spiro atoms. The molecular formula is C22H28Cl2N2O5S. The average Bonchev–Trinajstić information content (AvgIpc) is 2.99. The topological polar surface area (TPSA) is 94.5 Å². The number of nitrogens with zero attached hydrogens (tertiary/aromatic N) is 1. The van der Waals surface area contributed by atoms with Crippen LogP contribution in [-0.2, 0) is 21.3 Å². The van der Waals surface area contributed by atoms with Gasteiger partial charge in [-0.15, -0.1) is 0 Å². The fraction of sp³-hybridized carbons (Fsp3) is 0.455. The highest BCUT2D eigenvalue weighted by Crippen LogP contribution is 2.29. The van der Waals surface area contributed by atoms with Crippen molar-refractivity contribution in [2.45, 2.75) is 52.5 Å². The van der Waals surface area contributed by atoms with Crippen molar-refractivity contribution in [2.24, 2.45) is 5.92 Å². The first-order valence-corrected chi connectivity index (χ1v) is 12.5. The standard InChI is InChI=1S/C22H28Cl2N2O5S/c1-6-7-26-14(4)8-16(15(26)5)20(27)12-31-22(28)17-9-21(19(24)10-18(17)23)32(29,30)25-11-13(2)3/h8-10,13,25H,6-7,11-12H2,1-5H3. The highest BCUT2D eigenvalue weighted by molar-refractivity contribution is 7.89. The summed E-state index contributed by atoms with van der Waals surface area (Å²) in [5.74, 6) is -1.20. The number of rotatable bonds is 10. The number of benzene rings is 1. The van der Waals surface area contributed by atoms with Crippen LogP contribution in [0.1, 0.15) is 59.3 Å². The lowest BCUT2D eigenvalue weighted by Crippen LogP contribution is -2.28. The number of aromatic nitrogens is 1. The number of hydrogen-bond acceptors (Lipinski definition) is 5. The number of aryl methyl sites for hydroxylation is 1. The maximum absolute atomic E-state index is 12.6. The van der Waals surface area contributed by atoms with Crippen LogP contribution in [0.5, 0.6) is 0 Å². The lowest BCUT2D eigenvalue weighted by molar-refractivity contribution is 0.0474. The zero-order valence-corrected chi connectivity index (χ0v) is 21.1. The molecule has 32 heavy (non-hydrogen) atoms. The summed E-state index contributed by atoms with van der Waals surface area (Å²) in [6, 6.07) is 4.00. The number of carbonyl (C=O) groups excluding carboxylic acids is 2. The summed E-state index contributed by atoms with van der Waals surface area (Å²) in [5.41, 5.74) is 2.04. The van der Waals surface area contributed by atoms with Gasteiger partial charge in [-0.25, -0.2) is 17.9 Å². The molecule has 0 aliphatic rings. The van der Waals surface area contributed by atoms with Crippen LogP contribution in [0.4, 0.5) is 0 Å². The zero-order valence-electron chi connectivity index (χ0n) is 18.8. The predicted octanol–water partition coefficient (Wildman–Crippen LogP) is 4.80. The largest absolute Gasteiger partial charge is 0.454 e. The molecule has 0 amide bonds. The third-order valence-corrected chi connectivity index (χ3v) is 7.07. The maximum atomic E-state index is 12.6. The number of ketones is 1.